The van der Waals surface area contributed by atoms with Crippen LogP contribution in [0.3, 0.4) is 0 Å². The fourth-order valence-electron chi connectivity index (χ4n) is 7.00. The van der Waals surface area contributed by atoms with Crippen molar-refractivity contribution in [2.45, 2.75) is 63.5 Å². The number of carboxylic acids is 1. The fraction of sp³-hybridized carbons (Fsp3) is 0.500. The molecule has 2 N–H and O–H groups in total. The minimum atomic E-state index is -1.53. The lowest BCUT2D eigenvalue weighted by Crippen LogP contribution is -2.57. The van der Waals surface area contributed by atoms with Gasteiger partial charge in [0.1, 0.15) is 18.8 Å². The van der Waals surface area contributed by atoms with Gasteiger partial charge in [-0.25, -0.2) is 4.90 Å². The molecule has 2 saturated heterocycles. The minimum absolute atomic E-state index is 0.188. The van der Waals surface area contributed by atoms with Gasteiger partial charge in [-0.3, -0.25) is 19.7 Å². The second-order valence-corrected chi connectivity index (χ2v) is 11.0. The standard InChI is InChI=1S/C30H34N2O6/c1-2-18-8-11-21(12-9-18)32-27(33)24-25(28(32)34)30(29(35)36,17-19-6-4-3-5-7-19)31-26(24)20-10-13-22-23(16-20)38-15-14-37-22/h8-13,16,19,24-26,31H,2-7,14-15,17H2,1H3,(H,35,36). The minimum Gasteiger partial charge on any atom is -0.486 e. The Morgan fingerprint density at radius 1 is 1.00 bits per heavy atom. The Bertz CT molecular complexity index is 1250. The molecular formula is C30H34N2O6. The van der Waals surface area contributed by atoms with Crippen molar-refractivity contribution < 1.29 is 29.0 Å². The van der Waals surface area contributed by atoms with E-state index in [2.05, 4.69) is 5.32 Å². The summed E-state index contributed by atoms with van der Waals surface area (Å²) in [6.45, 7) is 2.92. The van der Waals surface area contributed by atoms with Gasteiger partial charge < -0.3 is 14.6 Å². The van der Waals surface area contributed by atoms with E-state index in [1.807, 2.05) is 31.2 Å². The van der Waals surface area contributed by atoms with Crippen LogP contribution in [-0.4, -0.2) is 41.6 Å². The average molecular weight is 519 g/mol. The van der Waals surface area contributed by atoms with Crippen molar-refractivity contribution in [2.24, 2.45) is 17.8 Å². The number of aryl methyl sites for hydroxylation is 1. The third-order valence-electron chi connectivity index (χ3n) is 8.90. The second kappa shape index (κ2) is 9.73. The van der Waals surface area contributed by atoms with E-state index < -0.39 is 35.3 Å². The van der Waals surface area contributed by atoms with Gasteiger partial charge in [-0.05, 0) is 54.2 Å². The summed E-state index contributed by atoms with van der Waals surface area (Å²) in [6, 6.07) is 12.2. The number of hydrogen-bond acceptors (Lipinski definition) is 6. The average Bonchev–Trinajstić information content (AvgIpc) is 3.42. The number of nitrogens with zero attached hydrogens (tertiary/aromatic N) is 1. The van der Waals surface area contributed by atoms with E-state index >= 15 is 0 Å². The van der Waals surface area contributed by atoms with Gasteiger partial charge in [0.15, 0.2) is 11.5 Å². The maximum atomic E-state index is 14.1. The molecule has 4 unspecified atom stereocenters. The predicted octanol–water partition coefficient (Wildman–Crippen LogP) is 4.26. The molecule has 2 amide bonds. The molecule has 3 heterocycles. The first-order chi connectivity index (χ1) is 18.4. The molecular weight excluding hydrogens is 484 g/mol. The molecule has 2 aromatic rings. The number of rotatable bonds is 6. The van der Waals surface area contributed by atoms with E-state index in [9.17, 15) is 19.5 Å². The predicted molar refractivity (Wildman–Crippen MR) is 140 cm³/mol. The highest BCUT2D eigenvalue weighted by atomic mass is 16.6. The van der Waals surface area contributed by atoms with Crippen LogP contribution in [-0.2, 0) is 20.8 Å². The number of carbonyl (C=O) groups excluding carboxylic acids is 2. The van der Waals surface area contributed by atoms with E-state index in [0.717, 1.165) is 49.7 Å². The number of amides is 2. The maximum Gasteiger partial charge on any atom is 0.324 e. The van der Waals surface area contributed by atoms with Crippen LogP contribution in [0.5, 0.6) is 11.5 Å². The number of aliphatic carboxylic acids is 1. The van der Waals surface area contributed by atoms with E-state index in [1.54, 1.807) is 18.2 Å². The molecule has 1 aliphatic carbocycles. The highest BCUT2D eigenvalue weighted by Crippen LogP contribution is 2.53. The number of benzene rings is 2. The third kappa shape index (κ3) is 3.97. The van der Waals surface area contributed by atoms with E-state index in [4.69, 9.17) is 9.47 Å². The van der Waals surface area contributed by atoms with Crippen LogP contribution in [0, 0.1) is 17.8 Å². The molecule has 200 valence electrons. The van der Waals surface area contributed by atoms with Crippen LogP contribution in [0.25, 0.3) is 0 Å². The van der Waals surface area contributed by atoms with E-state index in [0.29, 0.717) is 36.8 Å². The number of hydrogen-bond donors (Lipinski definition) is 2. The van der Waals surface area contributed by atoms with Crippen molar-refractivity contribution in [1.29, 1.82) is 0 Å². The molecule has 3 fully saturated rings. The van der Waals surface area contributed by atoms with E-state index in [1.165, 1.54) is 4.90 Å². The Morgan fingerprint density at radius 2 is 1.71 bits per heavy atom. The SMILES string of the molecule is CCc1ccc(N2C(=O)C3C(c4ccc5c(c4)OCCO5)NC(CC4CCCCC4)(C(=O)O)C3C2=O)cc1. The van der Waals surface area contributed by atoms with Gasteiger partial charge >= 0.3 is 5.97 Å². The molecule has 0 aromatic heterocycles. The van der Waals surface area contributed by atoms with Crippen LogP contribution in [0.4, 0.5) is 5.69 Å². The van der Waals surface area contributed by atoms with Gasteiger partial charge in [0.05, 0.1) is 17.5 Å². The number of carboxylic acid groups (broad SMARTS) is 1. The largest absolute Gasteiger partial charge is 0.486 e. The van der Waals surface area contributed by atoms with Gasteiger partial charge in [0.2, 0.25) is 11.8 Å². The number of anilines is 1. The zero-order valence-corrected chi connectivity index (χ0v) is 21.7. The molecule has 8 heteroatoms. The van der Waals surface area contributed by atoms with Crippen LogP contribution >= 0.6 is 0 Å². The molecule has 6 rings (SSSR count). The molecule has 2 aromatic carbocycles. The highest BCUT2D eigenvalue weighted by Gasteiger charge is 2.69. The topological polar surface area (TPSA) is 105 Å². The number of ether oxygens (including phenoxy) is 2. The lowest BCUT2D eigenvalue weighted by Gasteiger charge is -2.35. The molecule has 38 heavy (non-hydrogen) atoms. The monoisotopic (exact) mass is 518 g/mol. The molecule has 4 atom stereocenters. The Kier molecular flexibility index (Phi) is 6.38. The summed E-state index contributed by atoms with van der Waals surface area (Å²) in [4.78, 5) is 42.5. The number of imide groups is 1. The zero-order chi connectivity index (χ0) is 26.4. The Balaban J connectivity index is 1.44. The first-order valence-corrected chi connectivity index (χ1v) is 13.8. The number of carbonyl (C=O) groups is 3. The molecule has 3 aliphatic heterocycles. The molecule has 1 saturated carbocycles. The summed E-state index contributed by atoms with van der Waals surface area (Å²) < 4.78 is 11.5. The highest BCUT2D eigenvalue weighted by molar-refractivity contribution is 6.24. The normalized spacial score (nSPS) is 29.0. The van der Waals surface area contributed by atoms with Gasteiger partial charge in [-0.15, -0.1) is 0 Å². The molecule has 0 bridgehead atoms. The third-order valence-corrected chi connectivity index (χ3v) is 8.90. The lowest BCUT2D eigenvalue weighted by atomic mass is 9.72. The fourth-order valence-corrected chi connectivity index (χ4v) is 7.00. The summed E-state index contributed by atoms with van der Waals surface area (Å²) >= 11 is 0. The van der Waals surface area contributed by atoms with Gasteiger partial charge in [-0.2, -0.15) is 0 Å². The molecule has 0 spiro atoms. The first kappa shape index (κ1) is 24.9. The summed E-state index contributed by atoms with van der Waals surface area (Å²) in [5.41, 5.74) is 0.779. The van der Waals surface area contributed by atoms with Crippen molar-refractivity contribution in [2.75, 3.05) is 18.1 Å². The number of fused-ring (bicyclic) bond motifs is 2. The van der Waals surface area contributed by atoms with Gasteiger partial charge in [0.25, 0.3) is 0 Å². The zero-order valence-electron chi connectivity index (χ0n) is 21.7. The van der Waals surface area contributed by atoms with E-state index in [-0.39, 0.29) is 11.8 Å². The summed E-state index contributed by atoms with van der Waals surface area (Å²) in [6.07, 6.45) is 6.31. The van der Waals surface area contributed by atoms with Crippen LogP contribution in [0.1, 0.15) is 62.6 Å². The summed E-state index contributed by atoms with van der Waals surface area (Å²) in [7, 11) is 0. The Labute approximate surface area is 222 Å². The summed E-state index contributed by atoms with van der Waals surface area (Å²) in [5.74, 6) is -2.33. The Morgan fingerprint density at radius 3 is 2.39 bits per heavy atom. The van der Waals surface area contributed by atoms with Gasteiger partial charge in [-0.1, -0.05) is 57.2 Å². The van der Waals surface area contributed by atoms with Crippen LogP contribution in [0.15, 0.2) is 42.5 Å². The molecule has 4 aliphatic rings. The van der Waals surface area contributed by atoms with Crippen molar-refractivity contribution in [3.63, 3.8) is 0 Å². The van der Waals surface area contributed by atoms with Crippen molar-refractivity contribution in [3.8, 4) is 11.5 Å². The van der Waals surface area contributed by atoms with Gasteiger partial charge in [0, 0.05) is 6.04 Å². The quantitative estimate of drug-likeness (QED) is 0.551. The number of nitrogens with one attached hydrogen (secondary N) is 1. The van der Waals surface area contributed by atoms with Crippen molar-refractivity contribution >= 4 is 23.5 Å². The smallest absolute Gasteiger partial charge is 0.324 e. The summed E-state index contributed by atoms with van der Waals surface area (Å²) in [5, 5.41) is 14.1. The lowest BCUT2D eigenvalue weighted by molar-refractivity contribution is -0.150. The van der Waals surface area contributed by atoms with Crippen molar-refractivity contribution in [1.82, 2.24) is 5.32 Å². The van der Waals surface area contributed by atoms with Crippen LogP contribution < -0.4 is 19.7 Å². The Hall–Kier alpha value is -3.39. The first-order valence-electron chi connectivity index (χ1n) is 13.8. The van der Waals surface area contributed by atoms with Crippen molar-refractivity contribution in [3.05, 3.63) is 53.6 Å². The molecule has 0 radical (unpaired) electrons. The van der Waals surface area contributed by atoms with Crippen LogP contribution in [0.2, 0.25) is 0 Å². The second-order valence-electron chi connectivity index (χ2n) is 11.0. The molecule has 8 nitrogen and oxygen atoms in total. The maximum absolute atomic E-state index is 14.1.